The van der Waals surface area contributed by atoms with E-state index in [4.69, 9.17) is 0 Å². The fourth-order valence-corrected chi connectivity index (χ4v) is 3.75. The molecule has 1 amide bonds. The number of piperazine rings is 1. The van der Waals surface area contributed by atoms with Crippen molar-refractivity contribution in [3.8, 4) is 0 Å². The third-order valence-electron chi connectivity index (χ3n) is 3.08. The fraction of sp³-hybridized carbons (Fsp3) is 0.583. The Hall–Kier alpha value is -0.920. The SMILES string of the molecule is CS(=O)(=O)CCCN1CCNC(=O)[C@H]1c1cccs1. The third kappa shape index (κ3) is 4.02. The van der Waals surface area contributed by atoms with Crippen molar-refractivity contribution in [2.75, 3.05) is 31.6 Å². The summed E-state index contributed by atoms with van der Waals surface area (Å²) in [5, 5.41) is 4.82. The topological polar surface area (TPSA) is 66.5 Å². The highest BCUT2D eigenvalue weighted by atomic mass is 32.2. The summed E-state index contributed by atoms with van der Waals surface area (Å²) in [7, 11) is -2.93. The molecule has 1 aromatic rings. The fourth-order valence-electron chi connectivity index (χ4n) is 2.24. The summed E-state index contributed by atoms with van der Waals surface area (Å²) in [5.41, 5.74) is 0. The van der Waals surface area contributed by atoms with Gasteiger partial charge in [0.15, 0.2) is 0 Å². The number of nitrogens with zero attached hydrogens (tertiary/aromatic N) is 1. The lowest BCUT2D eigenvalue weighted by Crippen LogP contribution is -2.50. The van der Waals surface area contributed by atoms with Gasteiger partial charge in [0.05, 0.1) is 5.75 Å². The van der Waals surface area contributed by atoms with Gasteiger partial charge in [0, 0.05) is 30.8 Å². The molecule has 0 spiro atoms. The van der Waals surface area contributed by atoms with Crippen LogP contribution in [0.5, 0.6) is 0 Å². The van der Waals surface area contributed by atoms with Crippen LogP contribution in [0, 0.1) is 0 Å². The molecule has 1 atom stereocenters. The van der Waals surface area contributed by atoms with E-state index >= 15 is 0 Å². The summed E-state index contributed by atoms with van der Waals surface area (Å²) < 4.78 is 22.3. The van der Waals surface area contributed by atoms with Gasteiger partial charge in [-0.05, 0) is 17.9 Å². The van der Waals surface area contributed by atoms with Gasteiger partial charge in [0.2, 0.25) is 5.91 Å². The number of rotatable bonds is 5. The summed E-state index contributed by atoms with van der Waals surface area (Å²) >= 11 is 1.56. The van der Waals surface area contributed by atoms with Gasteiger partial charge < -0.3 is 5.32 Å². The Morgan fingerprint density at radius 2 is 2.32 bits per heavy atom. The van der Waals surface area contributed by atoms with Crippen molar-refractivity contribution in [1.29, 1.82) is 0 Å². The van der Waals surface area contributed by atoms with E-state index in [0.717, 1.165) is 11.4 Å². The van der Waals surface area contributed by atoms with Crippen LogP contribution < -0.4 is 5.32 Å². The molecule has 1 aliphatic rings. The highest BCUT2D eigenvalue weighted by Crippen LogP contribution is 2.27. The Morgan fingerprint density at radius 3 is 2.95 bits per heavy atom. The first-order valence-corrected chi connectivity index (χ1v) is 9.14. The van der Waals surface area contributed by atoms with Gasteiger partial charge in [-0.25, -0.2) is 8.42 Å². The smallest absolute Gasteiger partial charge is 0.242 e. The number of hydrogen-bond acceptors (Lipinski definition) is 5. The maximum atomic E-state index is 12.0. The number of nitrogens with one attached hydrogen (secondary N) is 1. The van der Waals surface area contributed by atoms with Gasteiger partial charge >= 0.3 is 0 Å². The standard InChI is InChI=1S/C12H18N2O3S2/c1-19(16,17)9-3-6-14-7-5-13-12(15)11(14)10-4-2-8-18-10/h2,4,8,11H,3,5-7,9H2,1H3,(H,13,15)/t11-/m1/s1. The lowest BCUT2D eigenvalue weighted by molar-refractivity contribution is -0.129. The quantitative estimate of drug-likeness (QED) is 0.867. The lowest BCUT2D eigenvalue weighted by Gasteiger charge is -2.34. The number of hydrogen-bond donors (Lipinski definition) is 1. The van der Waals surface area contributed by atoms with Gasteiger partial charge in [0.25, 0.3) is 0 Å². The molecule has 7 heteroatoms. The molecule has 5 nitrogen and oxygen atoms in total. The average molecular weight is 302 g/mol. The van der Waals surface area contributed by atoms with Crippen molar-refractivity contribution in [3.63, 3.8) is 0 Å². The summed E-state index contributed by atoms with van der Waals surface area (Å²) in [6.07, 6.45) is 1.81. The van der Waals surface area contributed by atoms with E-state index < -0.39 is 9.84 Å². The van der Waals surface area contributed by atoms with Crippen LogP contribution in [0.3, 0.4) is 0 Å². The molecule has 1 N–H and O–H groups in total. The Labute approximate surface area is 117 Å². The maximum absolute atomic E-state index is 12.0. The largest absolute Gasteiger partial charge is 0.353 e. The predicted molar refractivity (Wildman–Crippen MR) is 76.0 cm³/mol. The van der Waals surface area contributed by atoms with E-state index in [9.17, 15) is 13.2 Å². The molecule has 19 heavy (non-hydrogen) atoms. The Balaban J connectivity index is 2.02. The molecular weight excluding hydrogens is 284 g/mol. The van der Waals surface area contributed by atoms with Crippen molar-refractivity contribution >= 4 is 27.1 Å². The van der Waals surface area contributed by atoms with Crippen LogP contribution in [0.1, 0.15) is 17.3 Å². The number of thiophene rings is 1. The zero-order valence-corrected chi connectivity index (χ0v) is 12.5. The number of amides is 1. The van der Waals surface area contributed by atoms with Gasteiger partial charge in [0.1, 0.15) is 15.9 Å². The second kappa shape index (κ2) is 6.02. The van der Waals surface area contributed by atoms with Gasteiger partial charge in [-0.3, -0.25) is 9.69 Å². The molecule has 1 fully saturated rings. The molecule has 0 bridgehead atoms. The molecule has 106 valence electrons. The molecule has 0 aromatic carbocycles. The summed E-state index contributed by atoms with van der Waals surface area (Å²) in [6.45, 7) is 2.01. The van der Waals surface area contributed by atoms with Crippen LogP contribution in [0.15, 0.2) is 17.5 Å². The van der Waals surface area contributed by atoms with Crippen molar-refractivity contribution in [2.24, 2.45) is 0 Å². The molecule has 1 aliphatic heterocycles. The maximum Gasteiger partial charge on any atom is 0.242 e. The second-order valence-corrected chi connectivity index (χ2v) is 7.97. The van der Waals surface area contributed by atoms with Crippen LogP contribution in [0.2, 0.25) is 0 Å². The Bertz CT molecular complexity index is 525. The average Bonchev–Trinajstić information content (AvgIpc) is 2.80. The van der Waals surface area contributed by atoms with E-state index in [-0.39, 0.29) is 17.7 Å². The zero-order valence-electron chi connectivity index (χ0n) is 10.8. The molecular formula is C12H18N2O3S2. The van der Waals surface area contributed by atoms with Crippen molar-refractivity contribution in [3.05, 3.63) is 22.4 Å². The first kappa shape index (κ1) is 14.5. The van der Waals surface area contributed by atoms with Crippen molar-refractivity contribution < 1.29 is 13.2 Å². The minimum Gasteiger partial charge on any atom is -0.353 e. The number of sulfone groups is 1. The first-order valence-electron chi connectivity index (χ1n) is 6.20. The molecule has 1 aromatic heterocycles. The molecule has 2 heterocycles. The van der Waals surface area contributed by atoms with E-state index in [0.29, 0.717) is 19.5 Å². The molecule has 0 unspecified atom stereocenters. The summed E-state index contributed by atoms with van der Waals surface area (Å²) in [6, 6.07) is 3.61. The van der Waals surface area contributed by atoms with E-state index in [1.807, 2.05) is 17.5 Å². The Kier molecular flexibility index (Phi) is 4.59. The van der Waals surface area contributed by atoms with Gasteiger partial charge in [-0.2, -0.15) is 0 Å². The van der Waals surface area contributed by atoms with E-state index in [1.54, 1.807) is 11.3 Å². The number of carbonyl (C=O) groups excluding carboxylic acids is 1. The molecule has 0 aliphatic carbocycles. The highest BCUT2D eigenvalue weighted by Gasteiger charge is 2.31. The first-order chi connectivity index (χ1) is 8.97. The molecule has 2 rings (SSSR count). The van der Waals surface area contributed by atoms with Crippen LogP contribution in [-0.2, 0) is 14.6 Å². The van der Waals surface area contributed by atoms with Crippen molar-refractivity contribution in [1.82, 2.24) is 10.2 Å². The Morgan fingerprint density at radius 1 is 1.53 bits per heavy atom. The van der Waals surface area contributed by atoms with Crippen LogP contribution in [0.4, 0.5) is 0 Å². The highest BCUT2D eigenvalue weighted by molar-refractivity contribution is 7.90. The van der Waals surface area contributed by atoms with Crippen molar-refractivity contribution in [2.45, 2.75) is 12.5 Å². The van der Waals surface area contributed by atoms with E-state index in [2.05, 4.69) is 10.2 Å². The van der Waals surface area contributed by atoms with E-state index in [1.165, 1.54) is 6.26 Å². The van der Waals surface area contributed by atoms with Crippen LogP contribution >= 0.6 is 11.3 Å². The minimum atomic E-state index is -2.93. The minimum absolute atomic E-state index is 0.00746. The molecule has 1 saturated heterocycles. The normalized spacial score (nSPS) is 21.3. The summed E-state index contributed by atoms with van der Waals surface area (Å²) in [5.74, 6) is 0.176. The number of carbonyl (C=O) groups is 1. The second-order valence-electron chi connectivity index (χ2n) is 4.73. The monoisotopic (exact) mass is 302 g/mol. The lowest BCUT2D eigenvalue weighted by atomic mass is 10.1. The zero-order chi connectivity index (χ0) is 13.9. The van der Waals surface area contributed by atoms with Crippen LogP contribution in [0.25, 0.3) is 0 Å². The third-order valence-corrected chi connectivity index (χ3v) is 5.04. The molecule has 0 radical (unpaired) electrons. The predicted octanol–water partition coefficient (Wildman–Crippen LogP) is 0.656. The van der Waals surface area contributed by atoms with Crippen LogP contribution in [-0.4, -0.2) is 50.9 Å². The molecule has 0 saturated carbocycles. The van der Waals surface area contributed by atoms with Gasteiger partial charge in [-0.1, -0.05) is 6.07 Å². The van der Waals surface area contributed by atoms with Gasteiger partial charge in [-0.15, -0.1) is 11.3 Å². The summed E-state index contributed by atoms with van der Waals surface area (Å²) in [4.78, 5) is 15.1.